The monoisotopic (exact) mass is 432 g/mol. The van der Waals surface area contributed by atoms with Gasteiger partial charge in [0.2, 0.25) is 0 Å². The number of halogens is 1. The normalized spacial score (nSPS) is 15.5. The molecule has 1 aliphatic heterocycles. The van der Waals surface area contributed by atoms with E-state index in [1.165, 1.54) is 6.07 Å². The molecule has 2 heterocycles. The van der Waals surface area contributed by atoms with Crippen LogP contribution >= 0.6 is 0 Å². The lowest BCUT2D eigenvalue weighted by molar-refractivity contribution is 0.0804. The predicted octanol–water partition coefficient (Wildman–Crippen LogP) is 6.00. The molecule has 1 aliphatic rings. The molecule has 4 rings (SSSR count). The molecule has 0 amide bonds. The van der Waals surface area contributed by atoms with Gasteiger partial charge in [-0.15, -0.1) is 0 Å². The molecule has 0 radical (unpaired) electrons. The van der Waals surface area contributed by atoms with Crippen molar-refractivity contribution < 1.29 is 19.1 Å². The summed E-state index contributed by atoms with van der Waals surface area (Å²) in [5.74, 6) is -0.106. The first kappa shape index (κ1) is 21.7. The summed E-state index contributed by atoms with van der Waals surface area (Å²) in [5.41, 5.74) is 4.08. The van der Waals surface area contributed by atoms with Crippen LogP contribution in [-0.2, 0) is 4.84 Å². The number of Topliss-reactive ketones (excluding diaryl/α,β-unsaturated/α-hetero) is 1. The molecule has 2 aromatic carbocycles. The molecule has 0 bridgehead atoms. The van der Waals surface area contributed by atoms with E-state index >= 15 is 0 Å². The third-order valence-corrected chi connectivity index (χ3v) is 5.41. The van der Waals surface area contributed by atoms with Gasteiger partial charge < -0.3 is 9.94 Å². The van der Waals surface area contributed by atoms with Crippen molar-refractivity contribution in [1.29, 1.82) is 0 Å². The van der Waals surface area contributed by atoms with Crippen LogP contribution in [0.3, 0.4) is 0 Å². The second-order valence-electron chi connectivity index (χ2n) is 8.55. The number of carbonyl (C=O) groups excluding carboxylic acids is 1. The molecule has 1 atom stereocenters. The average molecular weight is 432 g/mol. The number of hydrogen-bond acceptors (Lipinski definition) is 5. The molecule has 0 saturated carbocycles. The summed E-state index contributed by atoms with van der Waals surface area (Å²) in [4.78, 5) is 22.6. The van der Waals surface area contributed by atoms with Crippen LogP contribution in [0, 0.1) is 18.7 Å². The van der Waals surface area contributed by atoms with Crippen LogP contribution in [0.15, 0.2) is 59.9 Å². The summed E-state index contributed by atoms with van der Waals surface area (Å²) in [7, 11) is 0. The Morgan fingerprint density at radius 1 is 1.19 bits per heavy atom. The highest BCUT2D eigenvalue weighted by atomic mass is 19.1. The smallest absolute Gasteiger partial charge is 0.178 e. The van der Waals surface area contributed by atoms with Gasteiger partial charge in [0.05, 0.1) is 5.71 Å². The fraction of sp³-hybridized carbons (Fsp3) is 0.269. The molecule has 32 heavy (non-hydrogen) atoms. The van der Waals surface area contributed by atoms with Crippen molar-refractivity contribution in [3.8, 4) is 16.9 Å². The summed E-state index contributed by atoms with van der Waals surface area (Å²) in [6.45, 7) is 5.81. The fourth-order valence-corrected chi connectivity index (χ4v) is 3.81. The van der Waals surface area contributed by atoms with Crippen LogP contribution in [0.5, 0.6) is 5.75 Å². The van der Waals surface area contributed by atoms with Gasteiger partial charge in [-0.05, 0) is 60.4 Å². The third-order valence-electron chi connectivity index (χ3n) is 5.41. The van der Waals surface area contributed by atoms with Gasteiger partial charge in [0.15, 0.2) is 11.9 Å². The Kier molecular flexibility index (Phi) is 6.04. The Morgan fingerprint density at radius 3 is 2.69 bits per heavy atom. The van der Waals surface area contributed by atoms with Crippen LogP contribution in [-0.4, -0.2) is 21.6 Å². The second-order valence-corrected chi connectivity index (χ2v) is 8.55. The maximum Gasteiger partial charge on any atom is 0.178 e. The average Bonchev–Trinajstić information content (AvgIpc) is 3.23. The zero-order valence-corrected chi connectivity index (χ0v) is 18.3. The van der Waals surface area contributed by atoms with E-state index in [4.69, 9.17) is 4.84 Å². The van der Waals surface area contributed by atoms with Gasteiger partial charge in [-0.1, -0.05) is 31.1 Å². The number of aromatic hydroxyl groups is 1. The molecule has 1 aromatic heterocycles. The van der Waals surface area contributed by atoms with Crippen molar-refractivity contribution in [2.24, 2.45) is 11.1 Å². The maximum absolute atomic E-state index is 14.7. The van der Waals surface area contributed by atoms with E-state index in [2.05, 4.69) is 10.1 Å². The first-order chi connectivity index (χ1) is 15.3. The highest BCUT2D eigenvalue weighted by Gasteiger charge is 2.28. The van der Waals surface area contributed by atoms with Gasteiger partial charge >= 0.3 is 0 Å². The lowest BCUT2D eigenvalue weighted by Gasteiger charge is -2.12. The number of rotatable bonds is 6. The minimum atomic E-state index is -0.527. The highest BCUT2D eigenvalue weighted by Crippen LogP contribution is 2.34. The first-order valence-corrected chi connectivity index (χ1v) is 10.6. The van der Waals surface area contributed by atoms with E-state index in [-0.39, 0.29) is 23.3 Å². The molecule has 0 aliphatic carbocycles. The number of benzene rings is 2. The van der Waals surface area contributed by atoms with E-state index in [0.29, 0.717) is 46.5 Å². The number of carbonyl (C=O) groups is 1. The van der Waals surface area contributed by atoms with E-state index in [1.54, 1.807) is 36.5 Å². The Hall–Kier alpha value is -3.54. The van der Waals surface area contributed by atoms with Crippen LogP contribution in [0.1, 0.15) is 60.0 Å². The summed E-state index contributed by atoms with van der Waals surface area (Å²) in [6, 6.07) is 13.6. The fourth-order valence-electron chi connectivity index (χ4n) is 3.81. The molecule has 6 heteroatoms. The SMILES string of the molecule is Cc1ccc(-c2cc(C(=O)CC(C)C)cc(C3=NOC(c4ncccc4O)C3)c2)c(F)c1. The van der Waals surface area contributed by atoms with Crippen molar-refractivity contribution in [3.63, 3.8) is 0 Å². The number of aromatic nitrogens is 1. The zero-order valence-electron chi connectivity index (χ0n) is 18.3. The molecule has 1 unspecified atom stereocenters. The molecule has 1 N–H and O–H groups in total. The Balaban J connectivity index is 1.73. The standard InChI is InChI=1S/C26H25FN2O3/c1-15(2)9-24(31)19-12-17(20-7-6-16(3)10-21(20)27)11-18(13-19)22-14-25(32-29-22)26-23(30)5-4-8-28-26/h4-8,10-13,15,25,30H,9,14H2,1-3H3. The Bertz CT molecular complexity index is 1200. The lowest BCUT2D eigenvalue weighted by Crippen LogP contribution is -2.08. The lowest BCUT2D eigenvalue weighted by atomic mass is 9.92. The maximum atomic E-state index is 14.7. The molecule has 5 nitrogen and oxygen atoms in total. The van der Waals surface area contributed by atoms with Gasteiger partial charge in [-0.2, -0.15) is 0 Å². The highest BCUT2D eigenvalue weighted by molar-refractivity contribution is 6.05. The number of hydrogen-bond donors (Lipinski definition) is 1. The van der Waals surface area contributed by atoms with E-state index < -0.39 is 6.10 Å². The second kappa shape index (κ2) is 8.91. The predicted molar refractivity (Wildman–Crippen MR) is 121 cm³/mol. The van der Waals surface area contributed by atoms with Crippen molar-refractivity contribution in [1.82, 2.24) is 4.98 Å². The van der Waals surface area contributed by atoms with Gasteiger partial charge in [-0.25, -0.2) is 4.39 Å². The Labute approximate surface area is 186 Å². The minimum Gasteiger partial charge on any atom is -0.506 e. The van der Waals surface area contributed by atoms with Gasteiger partial charge in [-0.3, -0.25) is 9.78 Å². The molecule has 0 fully saturated rings. The molecule has 164 valence electrons. The molecular formula is C26H25FN2O3. The number of nitrogens with zero attached hydrogens (tertiary/aromatic N) is 2. The summed E-state index contributed by atoms with van der Waals surface area (Å²) in [5, 5.41) is 14.3. The van der Waals surface area contributed by atoms with Crippen molar-refractivity contribution in [2.75, 3.05) is 0 Å². The van der Waals surface area contributed by atoms with Crippen LogP contribution < -0.4 is 0 Å². The summed E-state index contributed by atoms with van der Waals surface area (Å²) >= 11 is 0. The molecule has 0 saturated heterocycles. The van der Waals surface area contributed by atoms with Gasteiger partial charge in [0, 0.05) is 35.7 Å². The quantitative estimate of drug-likeness (QED) is 0.485. The van der Waals surface area contributed by atoms with Crippen molar-refractivity contribution >= 4 is 11.5 Å². The molecule has 0 spiro atoms. The van der Waals surface area contributed by atoms with Gasteiger partial charge in [0.1, 0.15) is 17.3 Å². The van der Waals surface area contributed by atoms with Gasteiger partial charge in [0.25, 0.3) is 0 Å². The minimum absolute atomic E-state index is 0.00550. The third kappa shape index (κ3) is 4.54. The topological polar surface area (TPSA) is 71.8 Å². The van der Waals surface area contributed by atoms with Crippen LogP contribution in [0.4, 0.5) is 4.39 Å². The number of pyridine rings is 1. The van der Waals surface area contributed by atoms with Crippen LogP contribution in [0.25, 0.3) is 11.1 Å². The van der Waals surface area contributed by atoms with Crippen molar-refractivity contribution in [2.45, 2.75) is 39.7 Å². The van der Waals surface area contributed by atoms with Crippen molar-refractivity contribution in [3.05, 3.63) is 82.9 Å². The van der Waals surface area contributed by atoms with E-state index in [9.17, 15) is 14.3 Å². The zero-order chi connectivity index (χ0) is 22.8. The largest absolute Gasteiger partial charge is 0.506 e. The molecule has 3 aromatic rings. The first-order valence-electron chi connectivity index (χ1n) is 10.6. The summed E-state index contributed by atoms with van der Waals surface area (Å²) in [6.07, 6.45) is 1.83. The number of ketones is 1. The number of oxime groups is 1. The van der Waals surface area contributed by atoms with Crippen LogP contribution in [0.2, 0.25) is 0 Å². The van der Waals surface area contributed by atoms with E-state index in [1.807, 2.05) is 32.9 Å². The Morgan fingerprint density at radius 2 is 1.97 bits per heavy atom. The number of aryl methyl sites for hydroxylation is 1. The van der Waals surface area contributed by atoms with E-state index in [0.717, 1.165) is 5.56 Å². The molecular weight excluding hydrogens is 407 g/mol. The summed E-state index contributed by atoms with van der Waals surface area (Å²) < 4.78 is 14.7.